The van der Waals surface area contributed by atoms with Gasteiger partial charge in [0, 0.05) is 12.2 Å². The molecule has 0 radical (unpaired) electrons. The molecule has 0 bridgehead atoms. The zero-order chi connectivity index (χ0) is 17.5. The molecule has 0 N–H and O–H groups in total. The average Bonchev–Trinajstić information content (AvgIpc) is 2.51. The van der Waals surface area contributed by atoms with E-state index in [2.05, 4.69) is 22.6 Å². The average molecular weight is 328 g/mol. The molecule has 0 saturated heterocycles. The van der Waals surface area contributed by atoms with Crippen LogP contribution in [0.15, 0.2) is 56.0 Å². The van der Waals surface area contributed by atoms with Gasteiger partial charge in [0.25, 0.3) is 0 Å². The summed E-state index contributed by atoms with van der Waals surface area (Å²) in [5.74, 6) is -2.67. The molecule has 122 valence electrons. The summed E-state index contributed by atoms with van der Waals surface area (Å²) in [5, 5.41) is 0. The molecule has 1 aromatic rings. The van der Waals surface area contributed by atoms with Crippen LogP contribution >= 0.6 is 0 Å². The topological polar surface area (TPSA) is 61.8 Å². The number of halogens is 3. The van der Waals surface area contributed by atoms with Crippen LogP contribution in [0.25, 0.3) is 0 Å². The quantitative estimate of drug-likeness (QED) is 0.347. The molecule has 0 heterocycles. The van der Waals surface area contributed by atoms with Crippen LogP contribution in [0.4, 0.5) is 13.2 Å². The molecular weight excluding hydrogens is 317 g/mol. The summed E-state index contributed by atoms with van der Waals surface area (Å²) in [4.78, 5) is 21.8. The van der Waals surface area contributed by atoms with Gasteiger partial charge in [-0.1, -0.05) is 13.2 Å². The summed E-state index contributed by atoms with van der Waals surface area (Å²) in [6.07, 6.45) is -1.43. The first kappa shape index (κ1) is 18.0. The molecule has 0 unspecified atom stereocenters. The van der Waals surface area contributed by atoms with Crippen molar-refractivity contribution in [3.63, 3.8) is 0 Å². The van der Waals surface area contributed by atoms with E-state index in [9.17, 15) is 22.8 Å². The highest BCUT2D eigenvalue weighted by molar-refractivity contribution is 5.83. The SMILES string of the molecule is C=CC(=O)OC=COc1ccc(OC(=O)C=C)c(C(F)(F)F)c1. The fraction of sp³-hybridized carbons (Fsp3) is 0.0667. The number of hydrogen-bond donors (Lipinski definition) is 0. The van der Waals surface area contributed by atoms with Crippen molar-refractivity contribution in [2.24, 2.45) is 0 Å². The standard InChI is InChI=1S/C15H11F3O5/c1-3-13(19)22-8-7-21-10-5-6-12(23-14(20)4-2)11(9-10)15(16,17)18/h3-9H,1-2H2. The van der Waals surface area contributed by atoms with Crippen molar-refractivity contribution in [2.45, 2.75) is 6.18 Å². The molecule has 1 rings (SSSR count). The maximum atomic E-state index is 13.0. The van der Waals surface area contributed by atoms with Crippen molar-refractivity contribution in [2.75, 3.05) is 0 Å². The van der Waals surface area contributed by atoms with E-state index in [1.165, 1.54) is 0 Å². The van der Waals surface area contributed by atoms with E-state index < -0.39 is 29.4 Å². The second-order valence-corrected chi connectivity index (χ2v) is 3.81. The minimum Gasteiger partial charge on any atom is -0.462 e. The lowest BCUT2D eigenvalue weighted by Crippen LogP contribution is -2.11. The van der Waals surface area contributed by atoms with Crippen LogP contribution in [0, 0.1) is 0 Å². The predicted octanol–water partition coefficient (Wildman–Crippen LogP) is 3.38. The first-order valence-electron chi connectivity index (χ1n) is 5.98. The maximum Gasteiger partial charge on any atom is 0.420 e. The summed E-state index contributed by atoms with van der Waals surface area (Å²) in [7, 11) is 0. The number of alkyl halides is 3. The van der Waals surface area contributed by atoms with Crippen molar-refractivity contribution in [3.05, 3.63) is 61.6 Å². The normalized spacial score (nSPS) is 10.9. The van der Waals surface area contributed by atoms with Crippen LogP contribution in [0.5, 0.6) is 11.5 Å². The van der Waals surface area contributed by atoms with Gasteiger partial charge < -0.3 is 14.2 Å². The van der Waals surface area contributed by atoms with Crippen LogP contribution in [0.1, 0.15) is 5.56 Å². The third-order valence-corrected chi connectivity index (χ3v) is 2.24. The highest BCUT2D eigenvalue weighted by Gasteiger charge is 2.35. The fourth-order valence-electron chi connectivity index (χ4n) is 1.29. The van der Waals surface area contributed by atoms with Crippen LogP contribution in [-0.2, 0) is 20.5 Å². The van der Waals surface area contributed by atoms with Gasteiger partial charge in [0.15, 0.2) is 0 Å². The van der Waals surface area contributed by atoms with E-state index >= 15 is 0 Å². The second-order valence-electron chi connectivity index (χ2n) is 3.81. The van der Waals surface area contributed by atoms with Gasteiger partial charge in [0.2, 0.25) is 0 Å². The third kappa shape index (κ3) is 5.70. The lowest BCUT2D eigenvalue weighted by Gasteiger charge is -2.13. The molecular formula is C15H11F3O5. The first-order chi connectivity index (χ1) is 10.8. The van der Waals surface area contributed by atoms with E-state index in [4.69, 9.17) is 4.74 Å². The first-order valence-corrected chi connectivity index (χ1v) is 5.98. The van der Waals surface area contributed by atoms with Gasteiger partial charge in [-0.3, -0.25) is 0 Å². The monoisotopic (exact) mass is 328 g/mol. The zero-order valence-corrected chi connectivity index (χ0v) is 11.6. The molecule has 0 fully saturated rings. The minimum absolute atomic E-state index is 0.207. The summed E-state index contributed by atoms with van der Waals surface area (Å²) < 4.78 is 52.7. The van der Waals surface area contributed by atoms with Crippen LogP contribution < -0.4 is 9.47 Å². The molecule has 0 aliphatic heterocycles. The zero-order valence-electron chi connectivity index (χ0n) is 11.6. The number of benzene rings is 1. The van der Waals surface area contributed by atoms with Crippen LogP contribution in [-0.4, -0.2) is 11.9 Å². The van der Waals surface area contributed by atoms with Crippen LogP contribution in [0.2, 0.25) is 0 Å². The Kier molecular flexibility index (Phi) is 6.13. The number of ether oxygens (including phenoxy) is 3. The highest BCUT2D eigenvalue weighted by Crippen LogP contribution is 2.38. The van der Waals surface area contributed by atoms with E-state index in [1.807, 2.05) is 0 Å². The Morgan fingerprint density at radius 2 is 1.70 bits per heavy atom. The van der Waals surface area contributed by atoms with E-state index in [0.29, 0.717) is 6.07 Å². The molecule has 0 aliphatic carbocycles. The molecule has 5 nitrogen and oxygen atoms in total. The van der Waals surface area contributed by atoms with E-state index in [1.54, 1.807) is 0 Å². The molecule has 0 aliphatic rings. The summed E-state index contributed by atoms with van der Waals surface area (Å²) in [6, 6.07) is 2.69. The smallest absolute Gasteiger partial charge is 0.420 e. The molecule has 0 aromatic heterocycles. The van der Waals surface area contributed by atoms with Gasteiger partial charge in [0.1, 0.15) is 29.6 Å². The van der Waals surface area contributed by atoms with Gasteiger partial charge in [-0.15, -0.1) is 0 Å². The van der Waals surface area contributed by atoms with Gasteiger partial charge >= 0.3 is 18.1 Å². The number of hydrogen-bond acceptors (Lipinski definition) is 5. The van der Waals surface area contributed by atoms with E-state index in [0.717, 1.165) is 36.8 Å². The Balaban J connectivity index is 2.95. The lowest BCUT2D eigenvalue weighted by atomic mass is 10.2. The van der Waals surface area contributed by atoms with Crippen molar-refractivity contribution >= 4 is 11.9 Å². The largest absolute Gasteiger partial charge is 0.462 e. The minimum atomic E-state index is -4.77. The lowest BCUT2D eigenvalue weighted by molar-refractivity contribution is -0.141. The fourth-order valence-corrected chi connectivity index (χ4v) is 1.29. The predicted molar refractivity (Wildman–Crippen MR) is 73.3 cm³/mol. The van der Waals surface area contributed by atoms with Crippen molar-refractivity contribution in [1.82, 2.24) is 0 Å². The van der Waals surface area contributed by atoms with Crippen molar-refractivity contribution in [3.8, 4) is 11.5 Å². The molecule has 0 atom stereocenters. The van der Waals surface area contributed by atoms with Crippen molar-refractivity contribution < 1.29 is 37.0 Å². The summed E-state index contributed by atoms with van der Waals surface area (Å²) >= 11 is 0. The van der Waals surface area contributed by atoms with Gasteiger partial charge in [-0.2, -0.15) is 13.2 Å². The molecule has 8 heteroatoms. The number of carbonyl (C=O) groups is 2. The van der Waals surface area contributed by atoms with Crippen molar-refractivity contribution in [1.29, 1.82) is 0 Å². The Morgan fingerprint density at radius 3 is 2.26 bits per heavy atom. The summed E-state index contributed by atoms with van der Waals surface area (Å²) in [6.45, 7) is 6.25. The molecule has 0 amide bonds. The number of carbonyl (C=O) groups excluding carboxylic acids is 2. The molecule has 0 saturated carbocycles. The van der Waals surface area contributed by atoms with E-state index in [-0.39, 0.29) is 5.75 Å². The van der Waals surface area contributed by atoms with Gasteiger partial charge in [-0.05, 0) is 18.2 Å². The Morgan fingerprint density at radius 1 is 1.04 bits per heavy atom. The number of esters is 2. The number of rotatable bonds is 6. The second kappa shape index (κ2) is 7.83. The third-order valence-electron chi connectivity index (χ3n) is 2.24. The Labute approximate surface area is 129 Å². The van der Waals surface area contributed by atoms with Crippen LogP contribution in [0.3, 0.4) is 0 Å². The molecule has 0 spiro atoms. The maximum absolute atomic E-state index is 13.0. The van der Waals surface area contributed by atoms with Gasteiger partial charge in [-0.25, -0.2) is 9.59 Å². The Hall–Kier alpha value is -3.03. The summed E-state index contributed by atoms with van der Waals surface area (Å²) in [5.41, 5.74) is -1.21. The Bertz CT molecular complexity index is 647. The highest BCUT2D eigenvalue weighted by atomic mass is 19.4. The molecule has 1 aromatic carbocycles. The van der Waals surface area contributed by atoms with Gasteiger partial charge in [0.05, 0.1) is 0 Å². The molecule has 23 heavy (non-hydrogen) atoms.